The second-order valence-corrected chi connectivity index (χ2v) is 5.76. The molecule has 0 fully saturated rings. The first-order valence-corrected chi connectivity index (χ1v) is 7.79. The molecule has 21 heavy (non-hydrogen) atoms. The van der Waals surface area contributed by atoms with Crippen LogP contribution < -0.4 is 4.74 Å². The molecule has 3 rings (SSSR count). The summed E-state index contributed by atoms with van der Waals surface area (Å²) in [5.74, 6) is 0.904. The second-order valence-electron chi connectivity index (χ2n) is 5.76. The summed E-state index contributed by atoms with van der Waals surface area (Å²) in [4.78, 5) is 0. The maximum absolute atomic E-state index is 10.5. The van der Waals surface area contributed by atoms with Gasteiger partial charge in [-0.1, -0.05) is 55.8 Å². The van der Waals surface area contributed by atoms with E-state index in [1.54, 1.807) is 0 Å². The molecule has 0 saturated heterocycles. The van der Waals surface area contributed by atoms with Gasteiger partial charge in [-0.25, -0.2) is 0 Å². The molecule has 2 heteroatoms. The maximum atomic E-state index is 10.5. The van der Waals surface area contributed by atoms with Gasteiger partial charge in [0.05, 0.1) is 0 Å². The monoisotopic (exact) mass is 282 g/mol. The Kier molecular flexibility index (Phi) is 4.26. The molecule has 0 amide bonds. The van der Waals surface area contributed by atoms with E-state index in [9.17, 15) is 5.11 Å². The van der Waals surface area contributed by atoms with Crippen molar-refractivity contribution in [3.8, 4) is 5.75 Å². The van der Waals surface area contributed by atoms with Crippen LogP contribution in [-0.4, -0.2) is 11.2 Å². The average molecular weight is 282 g/mol. The van der Waals surface area contributed by atoms with Crippen LogP contribution in [0.5, 0.6) is 5.75 Å². The Morgan fingerprint density at radius 2 is 1.90 bits per heavy atom. The third-order valence-electron chi connectivity index (χ3n) is 4.16. The smallest absolute Gasteiger partial charge is 0.133 e. The Balaban J connectivity index is 1.67. The highest BCUT2D eigenvalue weighted by Crippen LogP contribution is 2.34. The molecule has 0 saturated carbocycles. The van der Waals surface area contributed by atoms with Gasteiger partial charge in [0.2, 0.25) is 0 Å². The molecule has 0 bridgehead atoms. The lowest BCUT2D eigenvalue weighted by atomic mass is 9.98. The van der Waals surface area contributed by atoms with E-state index >= 15 is 0 Å². The highest BCUT2D eigenvalue weighted by atomic mass is 16.5. The maximum Gasteiger partial charge on any atom is 0.133 e. The zero-order valence-corrected chi connectivity index (χ0v) is 12.5. The van der Waals surface area contributed by atoms with E-state index in [-0.39, 0.29) is 6.10 Å². The quantitative estimate of drug-likeness (QED) is 0.896. The molecular weight excluding hydrogens is 260 g/mol. The first-order valence-electron chi connectivity index (χ1n) is 7.79. The summed E-state index contributed by atoms with van der Waals surface area (Å²) in [7, 11) is 0. The molecule has 1 heterocycles. The fourth-order valence-corrected chi connectivity index (χ4v) is 2.86. The van der Waals surface area contributed by atoms with Gasteiger partial charge in [0.15, 0.2) is 0 Å². The SMILES string of the molecule is CCCCc1ccc(C(O)C2Cc3ccccc3O2)cc1. The van der Waals surface area contributed by atoms with Crippen LogP contribution in [-0.2, 0) is 12.8 Å². The van der Waals surface area contributed by atoms with Crippen LogP contribution >= 0.6 is 0 Å². The summed E-state index contributed by atoms with van der Waals surface area (Å²) < 4.78 is 5.87. The largest absolute Gasteiger partial charge is 0.487 e. The fourth-order valence-electron chi connectivity index (χ4n) is 2.86. The molecule has 1 N–H and O–H groups in total. The van der Waals surface area contributed by atoms with Crippen molar-refractivity contribution >= 4 is 0 Å². The highest BCUT2D eigenvalue weighted by molar-refractivity contribution is 5.38. The number of aliphatic hydroxyl groups is 1. The van der Waals surface area contributed by atoms with E-state index in [2.05, 4.69) is 25.1 Å². The van der Waals surface area contributed by atoms with Gasteiger partial charge < -0.3 is 9.84 Å². The summed E-state index contributed by atoms with van der Waals surface area (Å²) in [6.45, 7) is 2.20. The Hall–Kier alpha value is -1.80. The van der Waals surface area contributed by atoms with Gasteiger partial charge in [0.1, 0.15) is 18.0 Å². The Bertz CT molecular complexity index is 564. The van der Waals surface area contributed by atoms with Gasteiger partial charge in [0, 0.05) is 6.42 Å². The summed E-state index contributed by atoms with van der Waals surface area (Å²) >= 11 is 0. The number of benzene rings is 2. The number of para-hydroxylation sites is 1. The summed E-state index contributed by atoms with van der Waals surface area (Å²) in [6, 6.07) is 16.3. The Morgan fingerprint density at radius 3 is 2.62 bits per heavy atom. The molecule has 0 aliphatic carbocycles. The van der Waals surface area contributed by atoms with E-state index in [1.807, 2.05) is 30.3 Å². The predicted octanol–water partition coefficient (Wildman–Crippen LogP) is 4.07. The lowest BCUT2D eigenvalue weighted by Gasteiger charge is -2.18. The first kappa shape index (κ1) is 14.2. The Morgan fingerprint density at radius 1 is 1.14 bits per heavy atom. The van der Waals surface area contributed by atoms with E-state index in [4.69, 9.17) is 4.74 Å². The second kappa shape index (κ2) is 6.31. The molecule has 2 aromatic rings. The standard InChI is InChI=1S/C19H22O2/c1-2-3-6-14-9-11-15(12-10-14)19(20)18-13-16-7-4-5-8-17(16)21-18/h4-5,7-12,18-20H,2-3,6,13H2,1H3. The van der Waals surface area contributed by atoms with Gasteiger partial charge in [-0.05, 0) is 35.6 Å². The minimum atomic E-state index is -0.572. The number of unbranched alkanes of at least 4 members (excludes halogenated alkanes) is 1. The lowest BCUT2D eigenvalue weighted by molar-refractivity contribution is 0.0492. The van der Waals surface area contributed by atoms with Crippen LogP contribution in [0.1, 0.15) is 42.6 Å². The zero-order valence-electron chi connectivity index (χ0n) is 12.5. The third kappa shape index (κ3) is 3.11. The predicted molar refractivity (Wildman–Crippen MR) is 84.6 cm³/mol. The van der Waals surface area contributed by atoms with Crippen molar-refractivity contribution < 1.29 is 9.84 Å². The molecule has 2 atom stereocenters. The van der Waals surface area contributed by atoms with Crippen molar-refractivity contribution in [1.29, 1.82) is 0 Å². The van der Waals surface area contributed by atoms with Gasteiger partial charge >= 0.3 is 0 Å². The Labute approximate surface area is 126 Å². The molecule has 2 unspecified atom stereocenters. The number of hydrogen-bond donors (Lipinski definition) is 1. The minimum Gasteiger partial charge on any atom is -0.487 e. The van der Waals surface area contributed by atoms with Gasteiger partial charge in [-0.3, -0.25) is 0 Å². The number of hydrogen-bond acceptors (Lipinski definition) is 2. The molecule has 2 aromatic carbocycles. The molecule has 1 aliphatic rings. The molecule has 0 spiro atoms. The average Bonchev–Trinajstić information content (AvgIpc) is 2.96. The molecule has 0 aromatic heterocycles. The van der Waals surface area contributed by atoms with Crippen LogP contribution in [0.15, 0.2) is 48.5 Å². The van der Waals surface area contributed by atoms with Crippen LogP contribution in [0, 0.1) is 0 Å². The molecule has 0 radical (unpaired) electrons. The van der Waals surface area contributed by atoms with E-state index in [0.29, 0.717) is 0 Å². The van der Waals surface area contributed by atoms with Crippen molar-refractivity contribution in [3.63, 3.8) is 0 Å². The zero-order chi connectivity index (χ0) is 14.7. The van der Waals surface area contributed by atoms with Crippen molar-refractivity contribution in [2.45, 2.75) is 44.8 Å². The third-order valence-corrected chi connectivity index (χ3v) is 4.16. The molecule has 2 nitrogen and oxygen atoms in total. The van der Waals surface area contributed by atoms with Gasteiger partial charge in [-0.2, -0.15) is 0 Å². The number of rotatable bonds is 5. The molecular formula is C19H22O2. The first-order chi connectivity index (χ1) is 10.3. The van der Waals surface area contributed by atoms with E-state index in [0.717, 1.165) is 24.2 Å². The van der Waals surface area contributed by atoms with Crippen LogP contribution in [0.4, 0.5) is 0 Å². The van der Waals surface area contributed by atoms with Crippen molar-refractivity contribution in [3.05, 3.63) is 65.2 Å². The van der Waals surface area contributed by atoms with E-state index < -0.39 is 6.10 Å². The normalized spacial score (nSPS) is 18.1. The van der Waals surface area contributed by atoms with Crippen LogP contribution in [0.2, 0.25) is 0 Å². The van der Waals surface area contributed by atoms with Crippen LogP contribution in [0.3, 0.4) is 0 Å². The minimum absolute atomic E-state index is 0.177. The van der Waals surface area contributed by atoms with Crippen molar-refractivity contribution in [2.24, 2.45) is 0 Å². The highest BCUT2D eigenvalue weighted by Gasteiger charge is 2.29. The number of fused-ring (bicyclic) bond motifs is 1. The number of aliphatic hydroxyl groups excluding tert-OH is 1. The summed E-state index contributed by atoms with van der Waals surface area (Å²) in [6.07, 6.45) is 3.55. The summed E-state index contributed by atoms with van der Waals surface area (Å²) in [5, 5.41) is 10.5. The molecule has 110 valence electrons. The number of aryl methyl sites for hydroxylation is 1. The van der Waals surface area contributed by atoms with Gasteiger partial charge in [-0.15, -0.1) is 0 Å². The fraction of sp³-hybridized carbons (Fsp3) is 0.368. The van der Waals surface area contributed by atoms with Gasteiger partial charge in [0.25, 0.3) is 0 Å². The summed E-state index contributed by atoms with van der Waals surface area (Å²) in [5.41, 5.74) is 3.46. The number of ether oxygens (including phenoxy) is 1. The van der Waals surface area contributed by atoms with E-state index in [1.165, 1.54) is 24.0 Å². The van der Waals surface area contributed by atoms with Crippen molar-refractivity contribution in [2.75, 3.05) is 0 Å². The van der Waals surface area contributed by atoms with Crippen molar-refractivity contribution in [1.82, 2.24) is 0 Å². The molecule has 1 aliphatic heterocycles. The topological polar surface area (TPSA) is 29.5 Å². The lowest BCUT2D eigenvalue weighted by Crippen LogP contribution is -2.23. The van der Waals surface area contributed by atoms with Crippen LogP contribution in [0.25, 0.3) is 0 Å².